The van der Waals surface area contributed by atoms with Crippen LogP contribution >= 0.6 is 33.9 Å². The van der Waals surface area contributed by atoms with Crippen LogP contribution in [0.1, 0.15) is 47.6 Å². The molecule has 142 valence electrons. The number of aliphatic hydroxyl groups excluding tert-OH is 1. The number of hydrogen-bond acceptors (Lipinski definition) is 7. The number of carbonyl (C=O) groups is 2. The number of ether oxygens (including phenoxy) is 2. The van der Waals surface area contributed by atoms with E-state index in [0.29, 0.717) is 11.3 Å². The molecule has 3 rings (SSSR count). The van der Waals surface area contributed by atoms with Crippen molar-refractivity contribution in [1.82, 2.24) is 4.98 Å². The number of nitrogens with zero attached hydrogens (tertiary/aromatic N) is 1. The van der Waals surface area contributed by atoms with Gasteiger partial charge in [-0.2, -0.15) is 0 Å². The van der Waals surface area contributed by atoms with E-state index in [2.05, 4.69) is 37.0 Å². The number of thiophene rings is 1. The molecule has 0 fully saturated rings. The molecule has 6 nitrogen and oxygen atoms in total. The van der Waals surface area contributed by atoms with Gasteiger partial charge in [0, 0.05) is 32.0 Å². The third-order valence-electron chi connectivity index (χ3n) is 4.25. The number of aryl methyl sites for hydroxylation is 3. The van der Waals surface area contributed by atoms with Gasteiger partial charge in [0.25, 0.3) is 0 Å². The van der Waals surface area contributed by atoms with Crippen LogP contribution in [-0.4, -0.2) is 36.2 Å². The minimum Gasteiger partial charge on any atom is -0.469 e. The molecule has 26 heavy (non-hydrogen) atoms. The largest absolute Gasteiger partial charge is 0.469 e. The first-order chi connectivity index (χ1) is 12.3. The smallest absolute Gasteiger partial charge is 0.339 e. The van der Waals surface area contributed by atoms with E-state index >= 15 is 0 Å². The van der Waals surface area contributed by atoms with E-state index in [0.717, 1.165) is 26.6 Å². The van der Waals surface area contributed by atoms with Crippen LogP contribution in [0, 0.1) is 10.5 Å². The lowest BCUT2D eigenvalue weighted by atomic mass is 9.95. The maximum absolute atomic E-state index is 11.7. The van der Waals surface area contributed by atoms with Gasteiger partial charge >= 0.3 is 11.9 Å². The molecule has 0 saturated carbocycles. The van der Waals surface area contributed by atoms with Gasteiger partial charge in [0.05, 0.1) is 14.2 Å². The quantitative estimate of drug-likeness (QED) is 0.512. The van der Waals surface area contributed by atoms with Crippen LogP contribution in [0.2, 0.25) is 0 Å². The topological polar surface area (TPSA) is 85.7 Å². The molecule has 0 bridgehead atoms. The average Bonchev–Trinajstić information content (AvgIpc) is 2.99. The molecule has 2 aromatic heterocycles. The van der Waals surface area contributed by atoms with Crippen molar-refractivity contribution in [2.75, 3.05) is 14.2 Å². The Balaban J connectivity index is 0.000000431. The summed E-state index contributed by atoms with van der Waals surface area (Å²) in [6, 6.07) is 0. The molecule has 0 radical (unpaired) electrons. The zero-order chi connectivity index (χ0) is 19.4. The Morgan fingerprint density at radius 3 is 2.42 bits per heavy atom. The lowest BCUT2D eigenvalue weighted by Crippen LogP contribution is -2.17. The monoisotopic (exact) mass is 491 g/mol. The number of carbonyl (C=O) groups excluding carboxylic acids is 2. The summed E-state index contributed by atoms with van der Waals surface area (Å²) in [6.45, 7) is 3.20. The highest BCUT2D eigenvalue weighted by atomic mass is 127. The van der Waals surface area contributed by atoms with Gasteiger partial charge < -0.3 is 14.6 Å². The molecule has 0 aromatic carbocycles. The van der Waals surface area contributed by atoms with Gasteiger partial charge in [-0.15, -0.1) is 11.3 Å². The van der Waals surface area contributed by atoms with E-state index in [9.17, 15) is 14.7 Å². The Kier molecular flexibility index (Phi) is 7.36. The summed E-state index contributed by atoms with van der Waals surface area (Å²) < 4.78 is 9.71. The van der Waals surface area contributed by atoms with E-state index in [1.807, 2.05) is 6.92 Å². The number of methoxy groups -OCH3 is 2. The van der Waals surface area contributed by atoms with Crippen LogP contribution in [0.4, 0.5) is 0 Å². The molecule has 0 saturated heterocycles. The van der Waals surface area contributed by atoms with Crippen molar-refractivity contribution < 1.29 is 24.2 Å². The maximum atomic E-state index is 11.7. The molecule has 1 aliphatic carbocycles. The summed E-state index contributed by atoms with van der Waals surface area (Å²) in [7, 11) is 2.63. The molecular formula is C18H22INO5S. The van der Waals surface area contributed by atoms with Crippen molar-refractivity contribution in [3.05, 3.63) is 25.3 Å². The third kappa shape index (κ3) is 4.34. The number of esters is 2. The van der Waals surface area contributed by atoms with Crippen molar-refractivity contribution in [3.8, 4) is 0 Å². The van der Waals surface area contributed by atoms with Gasteiger partial charge in [0.15, 0.2) is 6.10 Å². The maximum Gasteiger partial charge on any atom is 0.339 e. The fraction of sp³-hybridized carbons (Fsp3) is 0.500. The van der Waals surface area contributed by atoms with Crippen LogP contribution in [0.15, 0.2) is 0 Å². The van der Waals surface area contributed by atoms with E-state index in [4.69, 9.17) is 0 Å². The SMILES string of the molecule is COC(=O)C(O)c1c(C)nc2sc3c(c2c1I)CCCC3.COC(C)=O. The van der Waals surface area contributed by atoms with Crippen LogP contribution < -0.4 is 0 Å². The average molecular weight is 491 g/mol. The summed E-state index contributed by atoms with van der Waals surface area (Å²) in [4.78, 5) is 28.3. The van der Waals surface area contributed by atoms with Crippen LogP contribution in [0.3, 0.4) is 0 Å². The van der Waals surface area contributed by atoms with E-state index < -0.39 is 12.1 Å². The molecular weight excluding hydrogens is 469 g/mol. The molecule has 0 amide bonds. The van der Waals surface area contributed by atoms with Crippen LogP contribution in [0.25, 0.3) is 10.2 Å². The van der Waals surface area contributed by atoms with Crippen molar-refractivity contribution >= 4 is 56.1 Å². The minimum atomic E-state index is -1.27. The fourth-order valence-electron chi connectivity index (χ4n) is 2.91. The van der Waals surface area contributed by atoms with Gasteiger partial charge in [-0.3, -0.25) is 4.79 Å². The molecule has 1 unspecified atom stereocenters. The number of fused-ring (bicyclic) bond motifs is 3. The first-order valence-electron chi connectivity index (χ1n) is 8.22. The summed E-state index contributed by atoms with van der Waals surface area (Å²) in [5.41, 5.74) is 2.64. The second-order valence-electron chi connectivity index (χ2n) is 5.94. The standard InChI is InChI=1S/C15H16INO3S.C3H6O2/c1-7-10(13(18)15(19)20-2)12(16)11-8-5-3-4-6-9(8)21-14(11)17-7;1-3(4)5-2/h13,18H,3-6H2,1-2H3;1-2H3. The Bertz CT molecular complexity index is 833. The number of rotatable bonds is 2. The highest BCUT2D eigenvalue weighted by Crippen LogP contribution is 2.40. The summed E-state index contributed by atoms with van der Waals surface area (Å²) >= 11 is 3.98. The first-order valence-corrected chi connectivity index (χ1v) is 10.1. The molecule has 2 aromatic rings. The molecule has 0 spiro atoms. The highest BCUT2D eigenvalue weighted by molar-refractivity contribution is 14.1. The van der Waals surface area contributed by atoms with Gasteiger partial charge in [-0.05, 0) is 60.8 Å². The Labute approximate surface area is 170 Å². The summed E-state index contributed by atoms with van der Waals surface area (Å²) in [5, 5.41) is 11.4. The normalized spacial score (nSPS) is 14.1. The predicted octanol–water partition coefficient (Wildman–Crippen LogP) is 3.47. The zero-order valence-corrected chi connectivity index (χ0v) is 18.2. The first kappa shape index (κ1) is 21.0. The molecule has 1 aliphatic rings. The summed E-state index contributed by atoms with van der Waals surface area (Å²) in [6.07, 6.45) is 3.33. The third-order valence-corrected chi connectivity index (χ3v) is 6.56. The Morgan fingerprint density at radius 1 is 1.23 bits per heavy atom. The second-order valence-corrected chi connectivity index (χ2v) is 8.10. The zero-order valence-electron chi connectivity index (χ0n) is 15.2. The number of pyridine rings is 1. The Morgan fingerprint density at radius 2 is 1.85 bits per heavy atom. The van der Waals surface area contributed by atoms with E-state index in [-0.39, 0.29) is 5.97 Å². The minimum absolute atomic E-state index is 0.245. The molecule has 8 heteroatoms. The van der Waals surface area contributed by atoms with Crippen molar-refractivity contribution in [2.45, 2.75) is 45.6 Å². The van der Waals surface area contributed by atoms with Gasteiger partial charge in [0.1, 0.15) is 4.83 Å². The van der Waals surface area contributed by atoms with Crippen molar-refractivity contribution in [3.63, 3.8) is 0 Å². The number of hydrogen-bond donors (Lipinski definition) is 1. The van der Waals surface area contributed by atoms with Crippen LogP contribution in [0.5, 0.6) is 0 Å². The molecule has 1 N–H and O–H groups in total. The number of aliphatic hydroxyl groups is 1. The summed E-state index contributed by atoms with van der Waals surface area (Å²) in [5.74, 6) is -0.883. The molecule has 1 atom stereocenters. The lowest BCUT2D eigenvalue weighted by Gasteiger charge is -2.15. The second kappa shape index (κ2) is 9.09. The highest BCUT2D eigenvalue weighted by Gasteiger charge is 2.28. The van der Waals surface area contributed by atoms with Crippen LogP contribution in [-0.2, 0) is 31.9 Å². The number of halogens is 1. The van der Waals surface area contributed by atoms with Gasteiger partial charge in [-0.25, -0.2) is 9.78 Å². The van der Waals surface area contributed by atoms with E-state index in [1.54, 1.807) is 11.3 Å². The fourth-order valence-corrected chi connectivity index (χ4v) is 5.68. The predicted molar refractivity (Wildman–Crippen MR) is 108 cm³/mol. The molecule has 0 aliphatic heterocycles. The Hall–Kier alpha value is -1.26. The molecule has 2 heterocycles. The van der Waals surface area contributed by atoms with E-state index in [1.165, 1.54) is 44.4 Å². The lowest BCUT2D eigenvalue weighted by molar-refractivity contribution is -0.150. The van der Waals surface area contributed by atoms with Gasteiger partial charge in [0.2, 0.25) is 0 Å². The van der Waals surface area contributed by atoms with Crippen molar-refractivity contribution in [1.29, 1.82) is 0 Å². The van der Waals surface area contributed by atoms with Gasteiger partial charge in [-0.1, -0.05) is 0 Å². The van der Waals surface area contributed by atoms with Crippen molar-refractivity contribution in [2.24, 2.45) is 0 Å². The number of aromatic nitrogens is 1.